The first kappa shape index (κ1) is 43.8. The molecule has 0 saturated carbocycles. The second-order valence-corrected chi connectivity index (χ2v) is 12.4. The number of hydrogen-bond donors (Lipinski definition) is 2. The second kappa shape index (κ2) is 23.2. The Kier molecular flexibility index (Phi) is 19.5. The number of nitrogens with two attached hydrogens (primary N) is 1. The SMILES string of the molecule is CCOC(=O)C[C@@H](Cc1ccc(-c2cccc(Cl)c2)cc1)NC(=O)C(=O)OCC.CCOC(=O)C[C@H](N)Cc1ccc(-c2cccc(Cl)c2)cc1.Cl. The number of halogens is 3. The van der Waals surface area contributed by atoms with Gasteiger partial charge in [-0.2, -0.15) is 0 Å². The van der Waals surface area contributed by atoms with Crippen LogP contribution >= 0.6 is 35.6 Å². The van der Waals surface area contributed by atoms with Crippen LogP contribution in [0.5, 0.6) is 0 Å². The van der Waals surface area contributed by atoms with Crippen molar-refractivity contribution in [1.82, 2.24) is 5.32 Å². The standard InChI is InChI=1S/C22H24ClNO5.C18H20ClNO2.ClH/c1-3-28-20(25)14-19(24-21(26)22(27)29-4-2)12-15-8-10-16(11-9-15)17-6-5-7-18(23)13-17;1-2-22-18(21)12-17(20)10-13-6-8-14(9-7-13)15-4-3-5-16(19)11-15;/h5-11,13,19H,3-4,12,14H2,1-2H3,(H,24,26);3-9,11,17H,2,10,12,20H2,1H3;1H/t19-;17-;/m11./s1. The van der Waals surface area contributed by atoms with Crippen LogP contribution in [0.2, 0.25) is 10.0 Å². The quantitative estimate of drug-likeness (QED) is 0.0754. The molecule has 1 amide bonds. The molecule has 3 N–H and O–H groups in total. The molecule has 0 aliphatic heterocycles. The van der Waals surface area contributed by atoms with Crippen LogP contribution in [-0.2, 0) is 46.2 Å². The summed E-state index contributed by atoms with van der Waals surface area (Å²) >= 11 is 12.1. The van der Waals surface area contributed by atoms with Crippen molar-refractivity contribution in [2.24, 2.45) is 5.73 Å². The Balaban J connectivity index is 0.000000366. The first-order valence-corrected chi connectivity index (χ1v) is 17.5. The van der Waals surface area contributed by atoms with E-state index < -0.39 is 23.9 Å². The lowest BCUT2D eigenvalue weighted by Gasteiger charge is -2.18. The van der Waals surface area contributed by atoms with Crippen LogP contribution < -0.4 is 11.1 Å². The predicted octanol–water partition coefficient (Wildman–Crippen LogP) is 7.80. The van der Waals surface area contributed by atoms with Gasteiger partial charge >= 0.3 is 23.8 Å². The summed E-state index contributed by atoms with van der Waals surface area (Å²) in [5.41, 5.74) is 12.1. The average molecular weight is 772 g/mol. The fourth-order valence-corrected chi connectivity index (χ4v) is 5.51. The Labute approximate surface area is 321 Å². The Bertz CT molecular complexity index is 1730. The van der Waals surface area contributed by atoms with Gasteiger partial charge in [0.25, 0.3) is 0 Å². The molecule has 0 aliphatic rings. The third kappa shape index (κ3) is 15.5. The van der Waals surface area contributed by atoms with Crippen LogP contribution in [0.4, 0.5) is 0 Å². The van der Waals surface area contributed by atoms with Crippen LogP contribution in [0.25, 0.3) is 22.3 Å². The molecule has 0 saturated heterocycles. The minimum absolute atomic E-state index is 0. The van der Waals surface area contributed by atoms with Gasteiger partial charge in [-0.3, -0.25) is 14.4 Å². The van der Waals surface area contributed by atoms with Gasteiger partial charge in [-0.15, -0.1) is 12.4 Å². The first-order valence-electron chi connectivity index (χ1n) is 16.7. The van der Waals surface area contributed by atoms with Gasteiger partial charge in [-0.25, -0.2) is 4.79 Å². The smallest absolute Gasteiger partial charge is 0.396 e. The minimum atomic E-state index is -0.974. The van der Waals surface area contributed by atoms with Gasteiger partial charge in [0, 0.05) is 22.1 Å². The molecule has 2 atom stereocenters. The summed E-state index contributed by atoms with van der Waals surface area (Å²) < 4.78 is 14.6. The summed E-state index contributed by atoms with van der Waals surface area (Å²) in [5, 5.41) is 3.94. The molecule has 0 aliphatic carbocycles. The molecule has 9 nitrogen and oxygen atoms in total. The number of carbonyl (C=O) groups is 4. The predicted molar refractivity (Wildman–Crippen MR) is 207 cm³/mol. The largest absolute Gasteiger partial charge is 0.466 e. The Morgan fingerprint density at radius 2 is 1.06 bits per heavy atom. The van der Waals surface area contributed by atoms with Crippen molar-refractivity contribution in [3.05, 3.63) is 118 Å². The number of rotatable bonds is 14. The third-order valence-electron chi connectivity index (χ3n) is 7.45. The Morgan fingerprint density at radius 3 is 1.50 bits per heavy atom. The fraction of sp³-hybridized carbons (Fsp3) is 0.300. The van der Waals surface area contributed by atoms with E-state index in [4.69, 9.17) is 43.1 Å². The zero-order valence-corrected chi connectivity index (χ0v) is 31.8. The lowest BCUT2D eigenvalue weighted by atomic mass is 9.99. The molecule has 0 spiro atoms. The Hall–Kier alpha value is -4.41. The molecule has 12 heteroatoms. The number of amides is 1. The summed E-state index contributed by atoms with van der Waals surface area (Å²) in [7, 11) is 0. The van der Waals surface area contributed by atoms with Crippen molar-refractivity contribution in [2.75, 3.05) is 19.8 Å². The highest BCUT2D eigenvalue weighted by Gasteiger charge is 2.23. The highest BCUT2D eigenvalue weighted by molar-refractivity contribution is 6.32. The highest BCUT2D eigenvalue weighted by Crippen LogP contribution is 2.25. The van der Waals surface area contributed by atoms with Crippen molar-refractivity contribution in [1.29, 1.82) is 0 Å². The van der Waals surface area contributed by atoms with Crippen molar-refractivity contribution in [2.45, 2.75) is 58.5 Å². The van der Waals surface area contributed by atoms with E-state index in [1.165, 1.54) is 0 Å². The number of benzene rings is 4. The lowest BCUT2D eigenvalue weighted by molar-refractivity contribution is -0.155. The van der Waals surface area contributed by atoms with Gasteiger partial charge in [0.15, 0.2) is 0 Å². The molecule has 0 heterocycles. The maximum Gasteiger partial charge on any atom is 0.396 e. The fourth-order valence-electron chi connectivity index (χ4n) is 5.13. The Morgan fingerprint density at radius 1 is 0.615 bits per heavy atom. The molecule has 0 aromatic heterocycles. The van der Waals surface area contributed by atoms with Gasteiger partial charge in [-0.05, 0) is 91.3 Å². The molecule has 4 aromatic rings. The van der Waals surface area contributed by atoms with Crippen LogP contribution in [0.15, 0.2) is 97.1 Å². The summed E-state index contributed by atoms with van der Waals surface area (Å²) in [6, 6.07) is 30.3. The van der Waals surface area contributed by atoms with E-state index in [1.54, 1.807) is 20.8 Å². The summed E-state index contributed by atoms with van der Waals surface area (Å²) in [5.74, 6) is -2.54. The van der Waals surface area contributed by atoms with E-state index in [0.717, 1.165) is 38.4 Å². The summed E-state index contributed by atoms with van der Waals surface area (Å²) in [4.78, 5) is 46.9. The number of hydrogen-bond acceptors (Lipinski definition) is 8. The summed E-state index contributed by atoms with van der Waals surface area (Å²) in [6.45, 7) is 5.84. The van der Waals surface area contributed by atoms with E-state index in [1.807, 2.05) is 97.1 Å². The van der Waals surface area contributed by atoms with Gasteiger partial charge in [0.05, 0.1) is 32.7 Å². The van der Waals surface area contributed by atoms with Crippen LogP contribution in [0.1, 0.15) is 44.7 Å². The van der Waals surface area contributed by atoms with E-state index in [-0.39, 0.29) is 50.5 Å². The molecule has 0 radical (unpaired) electrons. The average Bonchev–Trinajstić information content (AvgIpc) is 3.09. The van der Waals surface area contributed by atoms with E-state index >= 15 is 0 Å². The van der Waals surface area contributed by atoms with Gasteiger partial charge < -0.3 is 25.3 Å². The van der Waals surface area contributed by atoms with Crippen molar-refractivity contribution in [3.63, 3.8) is 0 Å². The minimum Gasteiger partial charge on any atom is -0.466 e. The molecular weight excluding hydrogens is 727 g/mol. The molecule has 4 aromatic carbocycles. The normalized spacial score (nSPS) is 11.4. The number of esters is 3. The van der Waals surface area contributed by atoms with Crippen molar-refractivity contribution in [3.8, 4) is 22.3 Å². The number of carbonyl (C=O) groups excluding carboxylic acids is 4. The van der Waals surface area contributed by atoms with Crippen molar-refractivity contribution >= 4 is 59.4 Å². The molecule has 278 valence electrons. The maximum absolute atomic E-state index is 12.0. The molecule has 0 unspecified atom stereocenters. The zero-order valence-electron chi connectivity index (χ0n) is 29.4. The van der Waals surface area contributed by atoms with Crippen LogP contribution in [0, 0.1) is 0 Å². The molecule has 0 fully saturated rings. The van der Waals surface area contributed by atoms with E-state index in [0.29, 0.717) is 24.5 Å². The van der Waals surface area contributed by atoms with Crippen molar-refractivity contribution < 1.29 is 33.4 Å². The molecule has 52 heavy (non-hydrogen) atoms. The number of nitrogens with one attached hydrogen (secondary N) is 1. The monoisotopic (exact) mass is 770 g/mol. The molecular formula is C40H45Cl3N2O7. The van der Waals surface area contributed by atoms with Gasteiger partial charge in [-0.1, -0.05) is 96.0 Å². The maximum atomic E-state index is 12.0. The molecule has 0 bridgehead atoms. The van der Waals surface area contributed by atoms with Crippen LogP contribution in [0.3, 0.4) is 0 Å². The van der Waals surface area contributed by atoms with E-state index in [2.05, 4.69) is 5.32 Å². The lowest BCUT2D eigenvalue weighted by Crippen LogP contribution is -2.42. The van der Waals surface area contributed by atoms with Gasteiger partial charge in [0.2, 0.25) is 0 Å². The van der Waals surface area contributed by atoms with E-state index in [9.17, 15) is 19.2 Å². The topological polar surface area (TPSA) is 134 Å². The van der Waals surface area contributed by atoms with Gasteiger partial charge in [0.1, 0.15) is 0 Å². The second-order valence-electron chi connectivity index (χ2n) is 11.5. The molecule has 4 rings (SSSR count). The first-order chi connectivity index (χ1) is 24.5. The van der Waals surface area contributed by atoms with Crippen LogP contribution in [-0.4, -0.2) is 55.7 Å². The summed E-state index contributed by atoms with van der Waals surface area (Å²) in [6.07, 6.45) is 1.20. The number of ether oxygens (including phenoxy) is 3. The zero-order chi connectivity index (χ0) is 37.2. The highest BCUT2D eigenvalue weighted by atomic mass is 35.5. The third-order valence-corrected chi connectivity index (χ3v) is 7.92.